The number of rotatable bonds is 4. The molecule has 3 aromatic rings. The van der Waals surface area contributed by atoms with Crippen LogP contribution in [0.4, 0.5) is 5.69 Å². The fraction of sp³-hybridized carbons (Fsp3) is 0.0588. The number of ketones is 1. The molecule has 2 aromatic carbocycles. The van der Waals surface area contributed by atoms with Crippen molar-refractivity contribution in [2.45, 2.75) is 6.92 Å². The molecule has 6 heteroatoms. The van der Waals surface area contributed by atoms with Crippen molar-refractivity contribution < 1.29 is 9.72 Å². The van der Waals surface area contributed by atoms with Crippen LogP contribution >= 0.6 is 0 Å². The zero-order valence-corrected chi connectivity index (χ0v) is 13.9. The van der Waals surface area contributed by atoms with Crippen molar-refractivity contribution in [1.29, 1.82) is 0 Å². The van der Waals surface area contributed by atoms with Crippen LogP contribution in [0.15, 0.2) is 53.5 Å². The maximum atomic E-state index is 12.4. The Bertz CT molecular complexity index is 868. The van der Waals surface area contributed by atoms with Gasteiger partial charge in [0.05, 0.1) is 0 Å². The second-order valence-electron chi connectivity index (χ2n) is 5.04. The number of non-ortho nitro benzene ring substituents is 1. The SMILES string of the molecule is Cc1ccc(-c2c[se]c(C(=O)c3ccc([N+](=O)[O-])cc3)n2)cc1. The van der Waals surface area contributed by atoms with Crippen molar-refractivity contribution in [2.75, 3.05) is 0 Å². The molecule has 0 atom stereocenters. The Morgan fingerprint density at radius 3 is 2.35 bits per heavy atom. The van der Waals surface area contributed by atoms with Gasteiger partial charge in [-0.05, 0) is 0 Å². The van der Waals surface area contributed by atoms with Gasteiger partial charge in [0, 0.05) is 0 Å². The Morgan fingerprint density at radius 1 is 1.09 bits per heavy atom. The standard InChI is InChI=1S/C17H12N2O3Se/c1-11-2-4-12(5-3-11)15-10-23-17(18-15)16(20)13-6-8-14(9-7-13)19(21)22/h2-10H,1H3. The van der Waals surface area contributed by atoms with Crippen LogP contribution in [0.2, 0.25) is 0 Å². The number of nitro benzene ring substituents is 1. The van der Waals surface area contributed by atoms with Gasteiger partial charge in [-0.1, -0.05) is 0 Å². The van der Waals surface area contributed by atoms with Crippen molar-refractivity contribution >= 4 is 26.0 Å². The average molecular weight is 371 g/mol. The first-order chi connectivity index (χ1) is 11.0. The van der Waals surface area contributed by atoms with Gasteiger partial charge in [0.1, 0.15) is 0 Å². The summed E-state index contributed by atoms with van der Waals surface area (Å²) in [4.78, 5) is 29.0. The summed E-state index contributed by atoms with van der Waals surface area (Å²) in [5.74, 6) is -0.168. The number of benzene rings is 2. The minimum absolute atomic E-state index is 0.0288. The summed E-state index contributed by atoms with van der Waals surface area (Å²) in [6.45, 7) is 2.02. The van der Waals surface area contributed by atoms with E-state index in [2.05, 4.69) is 4.98 Å². The van der Waals surface area contributed by atoms with Crippen LogP contribution in [0.25, 0.3) is 11.3 Å². The third-order valence-electron chi connectivity index (χ3n) is 3.39. The van der Waals surface area contributed by atoms with E-state index in [1.165, 1.54) is 29.8 Å². The zero-order valence-electron chi connectivity index (χ0n) is 12.2. The van der Waals surface area contributed by atoms with Crippen molar-refractivity contribution in [1.82, 2.24) is 4.98 Å². The summed E-state index contributed by atoms with van der Waals surface area (Å²) in [5.41, 5.74) is 3.37. The van der Waals surface area contributed by atoms with Gasteiger partial charge >= 0.3 is 138 Å². The van der Waals surface area contributed by atoms with E-state index in [9.17, 15) is 14.9 Å². The van der Waals surface area contributed by atoms with Crippen molar-refractivity contribution in [3.63, 3.8) is 0 Å². The first kappa shape index (κ1) is 15.3. The van der Waals surface area contributed by atoms with Crippen LogP contribution < -0.4 is 0 Å². The van der Waals surface area contributed by atoms with Crippen molar-refractivity contribution in [2.24, 2.45) is 0 Å². The Balaban J connectivity index is 1.86. The van der Waals surface area contributed by atoms with E-state index in [0.717, 1.165) is 11.3 Å². The molecule has 0 aliphatic carbocycles. The first-order valence-corrected chi connectivity index (χ1v) is 8.71. The molecule has 0 unspecified atom stereocenters. The van der Waals surface area contributed by atoms with E-state index in [1.807, 2.05) is 36.1 Å². The number of carbonyl (C=O) groups excluding carboxylic acids is 1. The predicted octanol–water partition coefficient (Wildman–Crippen LogP) is 3.25. The van der Waals surface area contributed by atoms with Gasteiger partial charge in [-0.15, -0.1) is 0 Å². The van der Waals surface area contributed by atoms with Crippen LogP contribution in [0.3, 0.4) is 0 Å². The molecule has 0 N–H and O–H groups in total. The molecule has 3 rings (SSSR count). The second kappa shape index (κ2) is 6.28. The third-order valence-corrected chi connectivity index (χ3v) is 5.15. The monoisotopic (exact) mass is 372 g/mol. The van der Waals surface area contributed by atoms with Gasteiger partial charge < -0.3 is 0 Å². The number of aryl methyl sites for hydroxylation is 1. The molecule has 114 valence electrons. The number of hydrogen-bond acceptors (Lipinski definition) is 4. The molecule has 0 fully saturated rings. The molecule has 23 heavy (non-hydrogen) atoms. The van der Waals surface area contributed by atoms with E-state index < -0.39 is 4.92 Å². The van der Waals surface area contributed by atoms with Gasteiger partial charge in [-0.2, -0.15) is 0 Å². The van der Waals surface area contributed by atoms with Crippen LogP contribution in [-0.2, 0) is 0 Å². The fourth-order valence-electron chi connectivity index (χ4n) is 2.09. The summed E-state index contributed by atoms with van der Waals surface area (Å²) >= 11 is -0.126. The summed E-state index contributed by atoms with van der Waals surface area (Å²) < 4.78 is 0.516. The Labute approximate surface area is 138 Å². The zero-order chi connectivity index (χ0) is 16.4. The normalized spacial score (nSPS) is 10.5. The molecule has 0 aliphatic heterocycles. The summed E-state index contributed by atoms with van der Waals surface area (Å²) in [6, 6.07) is 13.6. The van der Waals surface area contributed by atoms with Gasteiger partial charge in [-0.25, -0.2) is 0 Å². The molecule has 0 radical (unpaired) electrons. The topological polar surface area (TPSA) is 73.1 Å². The van der Waals surface area contributed by atoms with Crippen molar-refractivity contribution in [3.8, 4) is 11.3 Å². The third kappa shape index (κ3) is 3.28. The number of hydrogen-bond donors (Lipinski definition) is 0. The van der Waals surface area contributed by atoms with E-state index in [1.54, 1.807) is 0 Å². The molecule has 0 aliphatic rings. The Morgan fingerprint density at radius 2 is 1.74 bits per heavy atom. The number of aromatic nitrogens is 1. The average Bonchev–Trinajstić information content (AvgIpc) is 3.05. The molecular formula is C17H12N2O3Se. The minimum atomic E-state index is -0.484. The first-order valence-electron chi connectivity index (χ1n) is 6.86. The van der Waals surface area contributed by atoms with E-state index in [0.29, 0.717) is 10.1 Å². The Hall–Kier alpha value is -2.56. The molecule has 1 aromatic heterocycles. The van der Waals surface area contributed by atoms with E-state index >= 15 is 0 Å². The molecule has 0 saturated carbocycles. The fourth-order valence-corrected chi connectivity index (χ4v) is 3.75. The molecule has 0 bridgehead atoms. The molecule has 0 amide bonds. The van der Waals surface area contributed by atoms with Crippen molar-refractivity contribution in [3.05, 3.63) is 79.3 Å². The quantitative estimate of drug-likeness (QED) is 0.305. The maximum absolute atomic E-state index is 12.4. The van der Waals surface area contributed by atoms with Crippen LogP contribution in [-0.4, -0.2) is 30.2 Å². The van der Waals surface area contributed by atoms with Crippen LogP contribution in [0, 0.1) is 17.0 Å². The second-order valence-corrected chi connectivity index (χ2v) is 6.84. The number of nitrogens with zero attached hydrogens (tertiary/aromatic N) is 2. The molecular weight excluding hydrogens is 359 g/mol. The number of nitro groups is 1. The Kier molecular flexibility index (Phi) is 4.19. The molecule has 5 nitrogen and oxygen atoms in total. The summed E-state index contributed by atoms with van der Waals surface area (Å²) in [7, 11) is 0. The summed E-state index contributed by atoms with van der Waals surface area (Å²) in [6.07, 6.45) is 0. The van der Waals surface area contributed by atoms with Gasteiger partial charge in [0.15, 0.2) is 0 Å². The number of carbonyl (C=O) groups is 1. The van der Waals surface area contributed by atoms with Crippen LogP contribution in [0.5, 0.6) is 0 Å². The van der Waals surface area contributed by atoms with E-state index in [4.69, 9.17) is 0 Å². The predicted molar refractivity (Wildman–Crippen MR) is 87.9 cm³/mol. The molecule has 0 spiro atoms. The van der Waals surface area contributed by atoms with Crippen LogP contribution in [0.1, 0.15) is 20.5 Å². The van der Waals surface area contributed by atoms with E-state index in [-0.39, 0.29) is 26.0 Å². The molecule has 1 heterocycles. The summed E-state index contributed by atoms with van der Waals surface area (Å²) in [5, 5.41) is 10.7. The van der Waals surface area contributed by atoms with Gasteiger partial charge in [-0.3, -0.25) is 0 Å². The van der Waals surface area contributed by atoms with Gasteiger partial charge in [0.2, 0.25) is 0 Å². The van der Waals surface area contributed by atoms with Gasteiger partial charge in [0.25, 0.3) is 0 Å². The molecule has 0 saturated heterocycles.